The van der Waals surface area contributed by atoms with Gasteiger partial charge in [0.2, 0.25) is 0 Å². The summed E-state index contributed by atoms with van der Waals surface area (Å²) in [6.45, 7) is 6.41. The third-order valence-corrected chi connectivity index (χ3v) is 3.92. The summed E-state index contributed by atoms with van der Waals surface area (Å²) in [5, 5.41) is 16.7. The van der Waals surface area contributed by atoms with Crippen LogP contribution in [0.4, 0.5) is 11.4 Å². The Balaban J connectivity index is 2.85. The van der Waals surface area contributed by atoms with E-state index in [-0.39, 0.29) is 17.6 Å². The lowest BCUT2D eigenvalue weighted by molar-refractivity contribution is -0.384. The standard InChI is InChI=1S/C14H21N3O3S/c1-4-15-12-8-11(6-7-13(12)17(19)20)14(18)16-10(3)9-21-5-2/h6-8,10,15H,4-5,9H2,1-3H3,(H,16,18). The van der Waals surface area contributed by atoms with Crippen LogP contribution in [0.1, 0.15) is 31.1 Å². The molecule has 0 fully saturated rings. The van der Waals surface area contributed by atoms with Crippen molar-refractivity contribution in [3.8, 4) is 0 Å². The van der Waals surface area contributed by atoms with Crippen LogP contribution in [-0.4, -0.2) is 34.9 Å². The minimum atomic E-state index is -0.458. The first kappa shape index (κ1) is 17.3. The molecular formula is C14H21N3O3S. The smallest absolute Gasteiger partial charge is 0.292 e. The summed E-state index contributed by atoms with van der Waals surface area (Å²) < 4.78 is 0. The number of carbonyl (C=O) groups excluding carboxylic acids is 1. The molecule has 21 heavy (non-hydrogen) atoms. The lowest BCUT2D eigenvalue weighted by Gasteiger charge is -2.14. The number of anilines is 1. The summed E-state index contributed by atoms with van der Waals surface area (Å²) in [5.74, 6) is 1.63. The van der Waals surface area contributed by atoms with Gasteiger partial charge in [-0.3, -0.25) is 14.9 Å². The predicted octanol–water partition coefficient (Wildman–Crippen LogP) is 2.90. The highest BCUT2D eigenvalue weighted by Gasteiger charge is 2.17. The number of rotatable bonds is 8. The monoisotopic (exact) mass is 311 g/mol. The Kier molecular flexibility index (Phi) is 7.01. The van der Waals surface area contributed by atoms with Gasteiger partial charge in [0.1, 0.15) is 5.69 Å². The van der Waals surface area contributed by atoms with Crippen molar-refractivity contribution in [2.75, 3.05) is 23.4 Å². The molecule has 1 aromatic carbocycles. The van der Waals surface area contributed by atoms with E-state index in [2.05, 4.69) is 17.6 Å². The fourth-order valence-corrected chi connectivity index (χ4v) is 2.48. The lowest BCUT2D eigenvalue weighted by atomic mass is 10.1. The Morgan fingerprint density at radius 2 is 2.14 bits per heavy atom. The molecule has 1 aromatic rings. The number of nitro benzene ring substituents is 1. The SMILES string of the molecule is CCNc1cc(C(=O)NC(C)CSCC)ccc1[N+](=O)[O-]. The molecule has 0 radical (unpaired) electrons. The van der Waals surface area contributed by atoms with Gasteiger partial charge < -0.3 is 10.6 Å². The predicted molar refractivity (Wildman–Crippen MR) is 87.2 cm³/mol. The van der Waals surface area contributed by atoms with E-state index in [4.69, 9.17) is 0 Å². The van der Waals surface area contributed by atoms with Crippen LogP contribution in [0.25, 0.3) is 0 Å². The third kappa shape index (κ3) is 5.26. The summed E-state index contributed by atoms with van der Waals surface area (Å²) in [7, 11) is 0. The minimum Gasteiger partial charge on any atom is -0.380 e. The number of benzene rings is 1. The molecule has 2 N–H and O–H groups in total. The molecule has 0 bridgehead atoms. The van der Waals surface area contributed by atoms with E-state index in [1.807, 2.05) is 13.8 Å². The molecule has 0 aliphatic rings. The molecule has 0 aromatic heterocycles. The first-order chi connectivity index (χ1) is 9.99. The molecule has 1 amide bonds. The molecule has 0 saturated carbocycles. The van der Waals surface area contributed by atoms with Crippen molar-refractivity contribution < 1.29 is 9.72 Å². The molecule has 1 atom stereocenters. The summed E-state index contributed by atoms with van der Waals surface area (Å²) in [5.41, 5.74) is 0.763. The Morgan fingerprint density at radius 3 is 2.71 bits per heavy atom. The zero-order chi connectivity index (χ0) is 15.8. The minimum absolute atomic E-state index is 0.0250. The van der Waals surface area contributed by atoms with Crippen molar-refractivity contribution in [1.82, 2.24) is 5.32 Å². The molecule has 0 aliphatic heterocycles. The second kappa shape index (κ2) is 8.51. The van der Waals surface area contributed by atoms with E-state index in [1.54, 1.807) is 11.8 Å². The summed E-state index contributed by atoms with van der Waals surface area (Å²) in [6.07, 6.45) is 0. The normalized spacial score (nSPS) is 11.8. The van der Waals surface area contributed by atoms with Gasteiger partial charge in [-0.25, -0.2) is 0 Å². The van der Waals surface area contributed by atoms with Crippen molar-refractivity contribution in [2.24, 2.45) is 0 Å². The maximum absolute atomic E-state index is 12.1. The molecule has 1 unspecified atom stereocenters. The van der Waals surface area contributed by atoms with E-state index >= 15 is 0 Å². The Morgan fingerprint density at radius 1 is 1.43 bits per heavy atom. The van der Waals surface area contributed by atoms with Gasteiger partial charge in [0, 0.05) is 30.0 Å². The maximum atomic E-state index is 12.1. The fraction of sp³-hybridized carbons (Fsp3) is 0.500. The van der Waals surface area contributed by atoms with E-state index in [0.717, 1.165) is 11.5 Å². The second-order valence-corrected chi connectivity index (χ2v) is 5.87. The highest BCUT2D eigenvalue weighted by Crippen LogP contribution is 2.25. The Labute approximate surface area is 128 Å². The van der Waals surface area contributed by atoms with Gasteiger partial charge in [0.05, 0.1) is 4.92 Å². The molecule has 0 heterocycles. The topological polar surface area (TPSA) is 84.3 Å². The molecule has 7 heteroatoms. The summed E-state index contributed by atoms with van der Waals surface area (Å²) in [4.78, 5) is 22.6. The number of thioether (sulfide) groups is 1. The second-order valence-electron chi connectivity index (χ2n) is 4.55. The molecule has 116 valence electrons. The highest BCUT2D eigenvalue weighted by atomic mass is 32.2. The van der Waals surface area contributed by atoms with Gasteiger partial charge in [0.25, 0.3) is 11.6 Å². The van der Waals surface area contributed by atoms with Gasteiger partial charge in [-0.1, -0.05) is 6.92 Å². The van der Waals surface area contributed by atoms with Crippen LogP contribution in [0.5, 0.6) is 0 Å². The van der Waals surface area contributed by atoms with Crippen molar-refractivity contribution >= 4 is 29.0 Å². The van der Waals surface area contributed by atoms with Crippen LogP contribution >= 0.6 is 11.8 Å². The average Bonchev–Trinajstić information content (AvgIpc) is 2.45. The Hall–Kier alpha value is -1.76. The van der Waals surface area contributed by atoms with Crippen LogP contribution < -0.4 is 10.6 Å². The highest BCUT2D eigenvalue weighted by molar-refractivity contribution is 7.99. The van der Waals surface area contributed by atoms with E-state index in [9.17, 15) is 14.9 Å². The zero-order valence-corrected chi connectivity index (χ0v) is 13.3. The number of hydrogen-bond acceptors (Lipinski definition) is 5. The van der Waals surface area contributed by atoms with Crippen molar-refractivity contribution in [3.63, 3.8) is 0 Å². The molecule has 0 aliphatic carbocycles. The molecule has 0 spiro atoms. The quantitative estimate of drug-likeness (QED) is 0.569. The summed E-state index contributed by atoms with van der Waals surface area (Å²) in [6, 6.07) is 4.42. The van der Waals surface area contributed by atoms with E-state index in [1.165, 1.54) is 18.2 Å². The first-order valence-electron chi connectivity index (χ1n) is 6.90. The van der Waals surface area contributed by atoms with Crippen LogP contribution in [0.3, 0.4) is 0 Å². The zero-order valence-electron chi connectivity index (χ0n) is 12.5. The molecule has 1 rings (SSSR count). The third-order valence-electron chi connectivity index (χ3n) is 2.77. The van der Waals surface area contributed by atoms with E-state index < -0.39 is 4.92 Å². The largest absolute Gasteiger partial charge is 0.380 e. The van der Waals surface area contributed by atoms with Crippen LogP contribution in [-0.2, 0) is 0 Å². The van der Waals surface area contributed by atoms with Gasteiger partial charge in [0.15, 0.2) is 0 Å². The van der Waals surface area contributed by atoms with Crippen LogP contribution in [0.15, 0.2) is 18.2 Å². The van der Waals surface area contributed by atoms with Crippen LogP contribution in [0, 0.1) is 10.1 Å². The number of carbonyl (C=O) groups is 1. The molecule has 6 nitrogen and oxygen atoms in total. The average molecular weight is 311 g/mol. The lowest BCUT2D eigenvalue weighted by Crippen LogP contribution is -2.34. The number of nitrogens with one attached hydrogen (secondary N) is 2. The van der Waals surface area contributed by atoms with Crippen molar-refractivity contribution in [3.05, 3.63) is 33.9 Å². The van der Waals surface area contributed by atoms with E-state index in [0.29, 0.717) is 17.8 Å². The molecule has 0 saturated heterocycles. The number of amides is 1. The number of nitrogens with zero attached hydrogens (tertiary/aromatic N) is 1. The van der Waals surface area contributed by atoms with Crippen molar-refractivity contribution in [1.29, 1.82) is 0 Å². The maximum Gasteiger partial charge on any atom is 0.292 e. The summed E-state index contributed by atoms with van der Waals surface area (Å²) >= 11 is 1.75. The fourth-order valence-electron chi connectivity index (χ4n) is 1.81. The van der Waals surface area contributed by atoms with Gasteiger partial charge in [-0.2, -0.15) is 11.8 Å². The first-order valence-corrected chi connectivity index (χ1v) is 8.06. The van der Waals surface area contributed by atoms with Gasteiger partial charge in [-0.05, 0) is 31.7 Å². The molecular weight excluding hydrogens is 290 g/mol. The van der Waals surface area contributed by atoms with Crippen LogP contribution in [0.2, 0.25) is 0 Å². The van der Waals surface area contributed by atoms with Gasteiger partial charge in [-0.15, -0.1) is 0 Å². The van der Waals surface area contributed by atoms with Crippen molar-refractivity contribution in [2.45, 2.75) is 26.8 Å². The number of nitro groups is 1. The Bertz CT molecular complexity index is 508. The van der Waals surface area contributed by atoms with Gasteiger partial charge >= 0.3 is 0 Å². The number of hydrogen-bond donors (Lipinski definition) is 2.